The third-order valence-electron chi connectivity index (χ3n) is 2.67. The molecule has 21 heavy (non-hydrogen) atoms. The number of aliphatic hydroxyl groups excluding tert-OH is 1. The highest BCUT2D eigenvalue weighted by atomic mass is 35.5. The van der Waals surface area contributed by atoms with E-state index in [9.17, 15) is 18.0 Å². The monoisotopic (exact) mass is 321 g/mol. The summed E-state index contributed by atoms with van der Waals surface area (Å²) < 4.78 is 38.0. The van der Waals surface area contributed by atoms with E-state index in [0.717, 1.165) is 18.2 Å². The van der Waals surface area contributed by atoms with Crippen molar-refractivity contribution in [2.24, 2.45) is 0 Å². The molecule has 0 bridgehead atoms. The predicted octanol–water partition coefficient (Wildman–Crippen LogP) is 3.26. The van der Waals surface area contributed by atoms with Crippen LogP contribution in [-0.2, 0) is 11.0 Å². The van der Waals surface area contributed by atoms with E-state index in [1.165, 1.54) is 12.1 Å². The Morgan fingerprint density at radius 1 is 1.48 bits per heavy atom. The first kappa shape index (κ1) is 17.5. The fourth-order valence-corrected chi connectivity index (χ4v) is 1.82. The van der Waals surface area contributed by atoms with Gasteiger partial charge < -0.3 is 10.4 Å². The van der Waals surface area contributed by atoms with Gasteiger partial charge in [0.15, 0.2) is 0 Å². The zero-order chi connectivity index (χ0) is 16.0. The van der Waals surface area contributed by atoms with Crippen LogP contribution in [0.5, 0.6) is 0 Å². The second kappa shape index (κ2) is 7.47. The molecule has 3 nitrogen and oxygen atoms in total. The second-order valence-electron chi connectivity index (χ2n) is 4.49. The molecule has 1 amide bonds. The first-order valence-corrected chi connectivity index (χ1v) is 6.58. The topological polar surface area (TPSA) is 49.3 Å². The van der Waals surface area contributed by atoms with E-state index in [2.05, 4.69) is 5.32 Å². The summed E-state index contributed by atoms with van der Waals surface area (Å²) in [5, 5.41) is 10.9. The normalized spacial score (nSPS) is 13.4. The summed E-state index contributed by atoms with van der Waals surface area (Å²) in [5.41, 5.74) is -0.725. The lowest BCUT2D eigenvalue weighted by Gasteiger charge is -2.10. The summed E-state index contributed by atoms with van der Waals surface area (Å²) in [6.45, 7) is 1.66. The van der Waals surface area contributed by atoms with Gasteiger partial charge in [-0.25, -0.2) is 0 Å². The standard InChI is InChI=1S/C14H15ClF3NO2/c1-9(6-7-20)19-13(21)5-3-10-2-4-12(15)11(8-10)14(16,17)18/h2-5,8-9,20H,6-7H2,1H3,(H,19,21)/b5-3+. The Bertz CT molecular complexity index is 529. The molecule has 0 aliphatic carbocycles. The van der Waals surface area contributed by atoms with E-state index in [4.69, 9.17) is 16.7 Å². The molecule has 0 aromatic heterocycles. The molecule has 1 aromatic rings. The van der Waals surface area contributed by atoms with E-state index >= 15 is 0 Å². The van der Waals surface area contributed by atoms with Crippen LogP contribution in [0, 0.1) is 0 Å². The van der Waals surface area contributed by atoms with Gasteiger partial charge in [0, 0.05) is 18.7 Å². The Morgan fingerprint density at radius 3 is 2.71 bits per heavy atom. The zero-order valence-electron chi connectivity index (χ0n) is 11.2. The summed E-state index contributed by atoms with van der Waals surface area (Å²) in [6, 6.07) is 3.18. The highest BCUT2D eigenvalue weighted by Gasteiger charge is 2.33. The quantitative estimate of drug-likeness (QED) is 0.818. The van der Waals surface area contributed by atoms with Gasteiger partial charge >= 0.3 is 6.18 Å². The van der Waals surface area contributed by atoms with Crippen molar-refractivity contribution < 1.29 is 23.1 Å². The van der Waals surface area contributed by atoms with Crippen molar-refractivity contribution >= 4 is 23.6 Å². The number of benzene rings is 1. The van der Waals surface area contributed by atoms with E-state index in [1.807, 2.05) is 0 Å². The number of hydrogen-bond donors (Lipinski definition) is 2. The van der Waals surface area contributed by atoms with Gasteiger partial charge in [-0.3, -0.25) is 4.79 Å². The number of halogens is 4. The zero-order valence-corrected chi connectivity index (χ0v) is 12.0. The van der Waals surface area contributed by atoms with Crippen LogP contribution in [0.4, 0.5) is 13.2 Å². The molecular weight excluding hydrogens is 307 g/mol. The molecule has 1 rings (SSSR count). The number of nitrogens with one attached hydrogen (secondary N) is 1. The number of hydrogen-bond acceptors (Lipinski definition) is 2. The number of carbonyl (C=O) groups is 1. The van der Waals surface area contributed by atoms with Crippen LogP contribution in [0.15, 0.2) is 24.3 Å². The lowest BCUT2D eigenvalue weighted by atomic mass is 10.1. The highest BCUT2D eigenvalue weighted by Crippen LogP contribution is 2.35. The maximum atomic E-state index is 12.7. The van der Waals surface area contributed by atoms with Gasteiger partial charge in [0.05, 0.1) is 10.6 Å². The Morgan fingerprint density at radius 2 is 2.14 bits per heavy atom. The minimum atomic E-state index is -4.54. The Hall–Kier alpha value is -1.53. The fraction of sp³-hybridized carbons (Fsp3) is 0.357. The number of amides is 1. The molecule has 7 heteroatoms. The van der Waals surface area contributed by atoms with Crippen molar-refractivity contribution in [3.05, 3.63) is 40.4 Å². The minimum Gasteiger partial charge on any atom is -0.396 e. The lowest BCUT2D eigenvalue weighted by Crippen LogP contribution is -2.31. The molecule has 1 aromatic carbocycles. The number of alkyl halides is 3. The average molecular weight is 322 g/mol. The molecule has 1 unspecified atom stereocenters. The number of rotatable bonds is 5. The Labute approximate surface area is 125 Å². The van der Waals surface area contributed by atoms with Crippen LogP contribution in [0.25, 0.3) is 6.08 Å². The van der Waals surface area contributed by atoms with Gasteiger partial charge in [0.2, 0.25) is 5.91 Å². The lowest BCUT2D eigenvalue weighted by molar-refractivity contribution is -0.137. The first-order valence-electron chi connectivity index (χ1n) is 6.20. The maximum Gasteiger partial charge on any atom is 0.417 e. The van der Waals surface area contributed by atoms with Gasteiger partial charge in [-0.2, -0.15) is 13.2 Å². The SMILES string of the molecule is CC(CCO)NC(=O)/C=C/c1ccc(Cl)c(C(F)(F)F)c1. The van der Waals surface area contributed by atoms with Gasteiger partial charge in [0.25, 0.3) is 0 Å². The smallest absolute Gasteiger partial charge is 0.396 e. The van der Waals surface area contributed by atoms with Crippen LogP contribution < -0.4 is 5.32 Å². The van der Waals surface area contributed by atoms with E-state index < -0.39 is 17.6 Å². The molecule has 2 N–H and O–H groups in total. The first-order chi connectivity index (χ1) is 9.74. The Balaban J connectivity index is 2.79. The molecule has 0 saturated carbocycles. The molecule has 116 valence electrons. The van der Waals surface area contributed by atoms with Gasteiger partial charge in [-0.15, -0.1) is 0 Å². The summed E-state index contributed by atoms with van der Waals surface area (Å²) in [4.78, 5) is 11.5. The summed E-state index contributed by atoms with van der Waals surface area (Å²) in [5.74, 6) is -0.445. The van der Waals surface area contributed by atoms with Gasteiger partial charge in [-0.05, 0) is 37.1 Å². The van der Waals surface area contributed by atoms with Crippen LogP contribution in [0.2, 0.25) is 5.02 Å². The van der Waals surface area contributed by atoms with Crippen LogP contribution in [0.1, 0.15) is 24.5 Å². The molecule has 1 atom stereocenters. The summed E-state index contributed by atoms with van der Waals surface area (Å²) in [7, 11) is 0. The van der Waals surface area contributed by atoms with Crippen molar-refractivity contribution in [1.29, 1.82) is 0 Å². The van der Waals surface area contributed by atoms with Crippen molar-refractivity contribution in [3.8, 4) is 0 Å². The molecule has 0 spiro atoms. The number of carbonyl (C=O) groups excluding carboxylic acids is 1. The van der Waals surface area contributed by atoms with Crippen molar-refractivity contribution in [2.45, 2.75) is 25.6 Å². The number of aliphatic hydroxyl groups is 1. The van der Waals surface area contributed by atoms with E-state index in [1.54, 1.807) is 6.92 Å². The molecule has 0 aliphatic rings. The molecule has 0 aliphatic heterocycles. The third-order valence-corrected chi connectivity index (χ3v) is 3.00. The predicted molar refractivity (Wildman–Crippen MR) is 74.8 cm³/mol. The molecule has 0 saturated heterocycles. The second-order valence-corrected chi connectivity index (χ2v) is 4.90. The van der Waals surface area contributed by atoms with E-state index in [0.29, 0.717) is 6.42 Å². The summed E-state index contributed by atoms with van der Waals surface area (Å²) >= 11 is 5.50. The van der Waals surface area contributed by atoms with Crippen LogP contribution >= 0.6 is 11.6 Å². The van der Waals surface area contributed by atoms with Crippen molar-refractivity contribution in [2.75, 3.05) is 6.61 Å². The van der Waals surface area contributed by atoms with Crippen LogP contribution in [-0.4, -0.2) is 23.7 Å². The van der Waals surface area contributed by atoms with Crippen molar-refractivity contribution in [3.63, 3.8) is 0 Å². The Kier molecular flexibility index (Phi) is 6.23. The molecule has 0 fully saturated rings. The van der Waals surface area contributed by atoms with Gasteiger partial charge in [0.1, 0.15) is 0 Å². The maximum absolute atomic E-state index is 12.7. The largest absolute Gasteiger partial charge is 0.417 e. The van der Waals surface area contributed by atoms with Crippen LogP contribution in [0.3, 0.4) is 0 Å². The van der Waals surface area contributed by atoms with Gasteiger partial charge in [-0.1, -0.05) is 17.7 Å². The van der Waals surface area contributed by atoms with E-state index in [-0.39, 0.29) is 23.2 Å². The third kappa shape index (κ3) is 5.77. The molecule has 0 heterocycles. The molecular formula is C14H15ClF3NO2. The minimum absolute atomic E-state index is 0.0582. The average Bonchev–Trinajstić information content (AvgIpc) is 2.36. The molecule has 0 radical (unpaired) electrons. The van der Waals surface area contributed by atoms with Crippen molar-refractivity contribution in [1.82, 2.24) is 5.32 Å². The summed E-state index contributed by atoms with van der Waals surface area (Å²) in [6.07, 6.45) is -1.73. The fourth-order valence-electron chi connectivity index (χ4n) is 1.59. The highest BCUT2D eigenvalue weighted by molar-refractivity contribution is 6.31.